The van der Waals surface area contributed by atoms with Crippen LogP contribution in [0.1, 0.15) is 31.5 Å². The topological polar surface area (TPSA) is 62.1 Å². The quantitative estimate of drug-likeness (QED) is 0.801. The molecule has 0 unspecified atom stereocenters. The van der Waals surface area contributed by atoms with Crippen LogP contribution in [0.3, 0.4) is 0 Å². The van der Waals surface area contributed by atoms with Crippen molar-refractivity contribution in [2.24, 2.45) is 5.92 Å². The third-order valence-electron chi connectivity index (χ3n) is 3.19. The second kappa shape index (κ2) is 7.62. The second-order valence-electron chi connectivity index (χ2n) is 5.39. The van der Waals surface area contributed by atoms with Gasteiger partial charge in [0.1, 0.15) is 0 Å². The van der Waals surface area contributed by atoms with Crippen LogP contribution in [0.2, 0.25) is 0 Å². The van der Waals surface area contributed by atoms with Crippen molar-refractivity contribution >= 4 is 11.9 Å². The number of carbonyl (C=O) groups is 2. The van der Waals surface area contributed by atoms with E-state index in [2.05, 4.69) is 24.5 Å². The van der Waals surface area contributed by atoms with Crippen molar-refractivity contribution in [3.63, 3.8) is 0 Å². The Kier molecular flexibility index (Phi) is 6.15. The summed E-state index contributed by atoms with van der Waals surface area (Å²) >= 11 is 0. The summed E-state index contributed by atoms with van der Waals surface area (Å²) in [5.74, 6) is 0.210. The van der Waals surface area contributed by atoms with E-state index in [0.29, 0.717) is 12.5 Å². The van der Waals surface area contributed by atoms with Gasteiger partial charge in [-0.2, -0.15) is 4.57 Å². The molecule has 0 atom stereocenters. The van der Waals surface area contributed by atoms with Gasteiger partial charge in [0.15, 0.2) is 11.9 Å². The first kappa shape index (κ1) is 16.1. The maximum atomic E-state index is 11.8. The molecule has 3 amide bonds. The number of urea groups is 1. The van der Waals surface area contributed by atoms with Gasteiger partial charge in [-0.3, -0.25) is 10.1 Å². The number of amides is 3. The van der Waals surface area contributed by atoms with E-state index in [-0.39, 0.29) is 12.5 Å². The smallest absolute Gasteiger partial charge is 0.321 e. The summed E-state index contributed by atoms with van der Waals surface area (Å²) in [5, 5.41) is 5.02. The fourth-order valence-electron chi connectivity index (χ4n) is 1.76. The van der Waals surface area contributed by atoms with Gasteiger partial charge >= 0.3 is 6.03 Å². The lowest BCUT2D eigenvalue weighted by Gasteiger charge is -2.07. The standard InChI is InChI=1S/C15H23N3O2/c1-11(2)7-8-16-15(20)17-14(19)10-18-9-5-6-12(3)13(18)4/h5-6,9,11H,7-8,10H2,1-4H3,(H-,16,17,19,20)/p+1. The van der Waals surface area contributed by atoms with Gasteiger partial charge in [0.25, 0.3) is 5.91 Å². The molecule has 0 saturated heterocycles. The van der Waals surface area contributed by atoms with Crippen molar-refractivity contribution in [1.29, 1.82) is 0 Å². The molecule has 0 radical (unpaired) electrons. The number of aromatic nitrogens is 1. The number of hydrogen-bond acceptors (Lipinski definition) is 2. The fourth-order valence-corrected chi connectivity index (χ4v) is 1.76. The number of rotatable bonds is 5. The van der Waals surface area contributed by atoms with Crippen molar-refractivity contribution < 1.29 is 14.2 Å². The molecule has 0 aliphatic rings. The number of imide groups is 1. The molecule has 0 aromatic carbocycles. The van der Waals surface area contributed by atoms with E-state index in [1.807, 2.05) is 36.7 Å². The number of aryl methyl sites for hydroxylation is 1. The van der Waals surface area contributed by atoms with Crippen LogP contribution in [0.4, 0.5) is 4.79 Å². The first-order valence-corrected chi connectivity index (χ1v) is 6.93. The van der Waals surface area contributed by atoms with Crippen molar-refractivity contribution in [3.8, 4) is 0 Å². The molecular weight excluding hydrogens is 254 g/mol. The van der Waals surface area contributed by atoms with E-state index < -0.39 is 6.03 Å². The van der Waals surface area contributed by atoms with Gasteiger partial charge in [0.05, 0.1) is 0 Å². The highest BCUT2D eigenvalue weighted by molar-refractivity contribution is 5.93. The average molecular weight is 278 g/mol. The van der Waals surface area contributed by atoms with Crippen LogP contribution in [0.25, 0.3) is 0 Å². The van der Waals surface area contributed by atoms with Crippen molar-refractivity contribution in [2.45, 2.75) is 40.7 Å². The summed E-state index contributed by atoms with van der Waals surface area (Å²) in [7, 11) is 0. The number of pyridine rings is 1. The van der Waals surface area contributed by atoms with Crippen LogP contribution in [-0.2, 0) is 11.3 Å². The lowest BCUT2D eigenvalue weighted by atomic mass is 10.1. The minimum absolute atomic E-state index is 0.144. The molecule has 5 heteroatoms. The van der Waals surface area contributed by atoms with Crippen molar-refractivity contribution in [2.75, 3.05) is 6.54 Å². The number of carbonyl (C=O) groups excluding carboxylic acids is 2. The molecule has 0 spiro atoms. The SMILES string of the molecule is Cc1ccc[n+](CC(=O)NC(=O)NCCC(C)C)c1C. The molecule has 110 valence electrons. The minimum atomic E-state index is -0.429. The van der Waals surface area contributed by atoms with E-state index >= 15 is 0 Å². The molecule has 1 aromatic rings. The van der Waals surface area contributed by atoms with Crippen LogP contribution in [-0.4, -0.2) is 18.5 Å². The highest BCUT2D eigenvalue weighted by Gasteiger charge is 2.15. The molecule has 0 aliphatic heterocycles. The third kappa shape index (κ3) is 5.38. The molecular formula is C15H24N3O2+. The summed E-state index contributed by atoms with van der Waals surface area (Å²) < 4.78 is 1.83. The molecule has 1 heterocycles. The predicted octanol–water partition coefficient (Wildman–Crippen LogP) is 1.46. The molecule has 1 aromatic heterocycles. The fraction of sp³-hybridized carbons (Fsp3) is 0.533. The van der Waals surface area contributed by atoms with E-state index in [1.165, 1.54) is 0 Å². The zero-order valence-electron chi connectivity index (χ0n) is 12.7. The van der Waals surface area contributed by atoms with Gasteiger partial charge in [0.2, 0.25) is 6.54 Å². The molecule has 1 rings (SSSR count). The highest BCUT2D eigenvalue weighted by Crippen LogP contribution is 1.98. The summed E-state index contributed by atoms with van der Waals surface area (Å²) in [6, 6.07) is 3.45. The largest absolute Gasteiger partial charge is 0.338 e. The van der Waals surface area contributed by atoms with Crippen LogP contribution < -0.4 is 15.2 Å². The Morgan fingerprint density at radius 1 is 1.30 bits per heavy atom. The summed E-state index contributed by atoms with van der Waals surface area (Å²) in [5.41, 5.74) is 2.13. The maximum Gasteiger partial charge on any atom is 0.321 e. The molecule has 0 fully saturated rings. The first-order chi connectivity index (χ1) is 9.40. The Labute approximate surface area is 120 Å². The molecule has 5 nitrogen and oxygen atoms in total. The number of hydrogen-bond donors (Lipinski definition) is 2. The molecule has 0 saturated carbocycles. The van der Waals surface area contributed by atoms with Crippen molar-refractivity contribution in [1.82, 2.24) is 10.6 Å². The van der Waals surface area contributed by atoms with Crippen LogP contribution in [0, 0.1) is 19.8 Å². The third-order valence-corrected chi connectivity index (χ3v) is 3.19. The van der Waals surface area contributed by atoms with Gasteiger partial charge in [-0.15, -0.1) is 0 Å². The summed E-state index contributed by atoms with van der Waals surface area (Å²) in [6.07, 6.45) is 2.73. The Balaban J connectivity index is 2.43. The Bertz CT molecular complexity index is 484. The molecule has 0 bridgehead atoms. The zero-order valence-corrected chi connectivity index (χ0v) is 12.7. The predicted molar refractivity (Wildman–Crippen MR) is 77.1 cm³/mol. The molecule has 0 aliphatic carbocycles. The van der Waals surface area contributed by atoms with E-state index in [4.69, 9.17) is 0 Å². The van der Waals surface area contributed by atoms with Gasteiger partial charge < -0.3 is 5.32 Å². The lowest BCUT2D eigenvalue weighted by Crippen LogP contribution is -2.49. The maximum absolute atomic E-state index is 11.8. The second-order valence-corrected chi connectivity index (χ2v) is 5.39. The number of nitrogens with one attached hydrogen (secondary N) is 2. The monoisotopic (exact) mass is 278 g/mol. The summed E-state index contributed by atoms with van der Waals surface area (Å²) in [4.78, 5) is 23.3. The van der Waals surface area contributed by atoms with Gasteiger partial charge in [0, 0.05) is 25.1 Å². The van der Waals surface area contributed by atoms with Crippen LogP contribution >= 0.6 is 0 Å². The van der Waals surface area contributed by atoms with E-state index in [0.717, 1.165) is 17.7 Å². The lowest BCUT2D eigenvalue weighted by molar-refractivity contribution is -0.690. The van der Waals surface area contributed by atoms with Gasteiger partial charge in [-0.1, -0.05) is 13.8 Å². The van der Waals surface area contributed by atoms with Crippen molar-refractivity contribution in [3.05, 3.63) is 29.6 Å². The number of nitrogens with zero attached hydrogens (tertiary/aromatic N) is 1. The minimum Gasteiger partial charge on any atom is -0.338 e. The Morgan fingerprint density at radius 2 is 2.00 bits per heavy atom. The highest BCUT2D eigenvalue weighted by atomic mass is 16.2. The van der Waals surface area contributed by atoms with Gasteiger partial charge in [-0.05, 0) is 25.3 Å². The van der Waals surface area contributed by atoms with Gasteiger partial charge in [-0.25, -0.2) is 4.79 Å². The zero-order chi connectivity index (χ0) is 15.1. The Morgan fingerprint density at radius 3 is 2.65 bits per heavy atom. The normalized spacial score (nSPS) is 10.4. The molecule has 2 N–H and O–H groups in total. The first-order valence-electron chi connectivity index (χ1n) is 6.93. The van der Waals surface area contributed by atoms with Crippen LogP contribution in [0.5, 0.6) is 0 Å². The van der Waals surface area contributed by atoms with E-state index in [1.54, 1.807) is 0 Å². The summed E-state index contributed by atoms with van der Waals surface area (Å²) in [6.45, 7) is 8.83. The van der Waals surface area contributed by atoms with Crippen LogP contribution in [0.15, 0.2) is 18.3 Å². The Hall–Kier alpha value is -1.91. The van der Waals surface area contributed by atoms with E-state index in [9.17, 15) is 9.59 Å². The molecule has 20 heavy (non-hydrogen) atoms. The average Bonchev–Trinajstić information content (AvgIpc) is 2.34.